The molecule has 0 rings (SSSR count). The average molecular weight is 1700 g/mol. The predicted octanol–water partition coefficient (Wildman–Crippen LogP) is 4.60. The van der Waals surface area contributed by atoms with Crippen LogP contribution < -0.4 is 93.3 Å². The van der Waals surface area contributed by atoms with Gasteiger partial charge in [-0.15, -0.1) is 62.0 Å². The molecule has 0 aromatic rings. The summed E-state index contributed by atoms with van der Waals surface area (Å²) in [6.07, 6.45) is 29.6. The molecular weight excluding hydrogens is 1550 g/mol. The van der Waals surface area contributed by atoms with Crippen molar-refractivity contribution < 1.29 is 58.2 Å². The van der Waals surface area contributed by atoms with Crippen LogP contribution in [-0.2, 0) is 47.9 Å². The minimum Gasteiger partial charge on any atom is -0.394 e. The van der Waals surface area contributed by atoms with Crippen LogP contribution in [0.4, 0.5) is 0 Å². The smallest absolute Gasteiger partial charge is 0.244 e. The number of hydrogen-bond donors (Lipinski definition) is 19. The summed E-state index contributed by atoms with van der Waals surface area (Å²) in [5.74, 6) is -5.79. The third kappa shape index (κ3) is 61.6. The number of carbonyl (C=O) groups is 10. The maximum Gasteiger partial charge on any atom is 0.244 e. The molecule has 36 heteroatoms. The van der Waals surface area contributed by atoms with Crippen LogP contribution in [0.15, 0.2) is 0 Å². The molecule has 0 saturated carbocycles. The quantitative estimate of drug-likeness (QED) is 0.0370. The lowest BCUT2D eigenvalue weighted by atomic mass is 10.1. The zero-order valence-electron chi connectivity index (χ0n) is 66.0. The summed E-state index contributed by atoms with van der Waals surface area (Å²) < 4.78 is 0. The van der Waals surface area contributed by atoms with Crippen LogP contribution in [0.25, 0.3) is 0 Å². The molecule has 0 aliphatic rings. The zero-order valence-corrected chi connectivity index (χ0v) is 71.7. The van der Waals surface area contributed by atoms with E-state index >= 15 is 0 Å². The third-order valence-electron chi connectivity index (χ3n) is 18.1. The van der Waals surface area contributed by atoms with Crippen LogP contribution in [-0.4, -0.2) is 212 Å². The second-order valence-corrected chi connectivity index (χ2v) is 29.8. The maximum atomic E-state index is 14.5. The van der Waals surface area contributed by atoms with E-state index in [9.17, 15) is 58.2 Å². The van der Waals surface area contributed by atoms with E-state index in [1.54, 1.807) is 0 Å². The highest BCUT2D eigenvalue weighted by molar-refractivity contribution is 8.03. The van der Waals surface area contributed by atoms with Crippen LogP contribution in [0, 0.1) is 0 Å². The Morgan fingerprint density at radius 1 is 0.266 bits per heavy atom. The first kappa shape index (κ1) is 116. The Kier molecular flexibility index (Phi) is 85.1. The number of nitrogens with two attached hydrogens (primary N) is 7. The van der Waals surface area contributed by atoms with E-state index < -0.39 is 121 Å². The molecule has 10 unspecified atom stereocenters. The molecular formula is C73H150Cl5N17O12S2. The number of amides is 10. The highest BCUT2D eigenvalue weighted by Crippen LogP contribution is 2.16. The van der Waals surface area contributed by atoms with Crippen molar-refractivity contribution in [2.24, 2.45) is 40.1 Å². The lowest BCUT2D eigenvalue weighted by molar-refractivity contribution is -0.134. The van der Waals surface area contributed by atoms with Gasteiger partial charge in [-0.3, -0.25) is 47.9 Å². The number of hydrogen-bond acceptors (Lipinski definition) is 21. The molecule has 0 aliphatic carbocycles. The van der Waals surface area contributed by atoms with E-state index in [0.29, 0.717) is 123 Å². The minimum atomic E-state index is -1.39. The Balaban J connectivity index is -0.00000530. The van der Waals surface area contributed by atoms with Gasteiger partial charge in [-0.05, 0) is 116 Å². The Hall–Kier alpha value is -3.51. The lowest BCUT2D eigenvalue weighted by Gasteiger charge is -2.26. The highest BCUT2D eigenvalue weighted by Gasteiger charge is 2.33. The van der Waals surface area contributed by atoms with E-state index in [0.717, 1.165) is 64.2 Å². The number of aliphatic hydroxyl groups excluding tert-OH is 2. The molecule has 0 heterocycles. The van der Waals surface area contributed by atoms with Crippen LogP contribution in [0.1, 0.15) is 258 Å². The van der Waals surface area contributed by atoms with Crippen molar-refractivity contribution in [3.05, 3.63) is 0 Å². The summed E-state index contributed by atoms with van der Waals surface area (Å²) in [7, 11) is 0. The van der Waals surface area contributed by atoms with Crippen molar-refractivity contribution in [1.82, 2.24) is 53.2 Å². The number of rotatable bonds is 71. The fourth-order valence-electron chi connectivity index (χ4n) is 11.3. The summed E-state index contributed by atoms with van der Waals surface area (Å²) in [5.41, 5.74) is 41.7. The molecule has 0 aliphatic heterocycles. The van der Waals surface area contributed by atoms with Crippen molar-refractivity contribution in [1.29, 1.82) is 0 Å². The Morgan fingerprint density at radius 3 is 0.817 bits per heavy atom. The number of aliphatic hydroxyl groups is 2. The van der Waals surface area contributed by atoms with E-state index in [1.165, 1.54) is 87.7 Å². The van der Waals surface area contributed by atoms with Crippen molar-refractivity contribution in [2.45, 2.75) is 319 Å². The molecule has 0 spiro atoms. The molecule has 29 nitrogen and oxygen atoms in total. The molecule has 0 fully saturated rings. The Bertz CT molecular complexity index is 2170. The molecule has 10 atom stereocenters. The van der Waals surface area contributed by atoms with E-state index in [-0.39, 0.29) is 129 Å². The second kappa shape index (κ2) is 79.7. The Morgan fingerprint density at radius 2 is 0.505 bits per heavy atom. The predicted molar refractivity (Wildman–Crippen MR) is 456 cm³/mol. The molecule has 10 amide bonds. The summed E-state index contributed by atoms with van der Waals surface area (Å²) in [6, 6.07) is -11.3. The molecule has 0 radical (unpaired) electrons. The van der Waals surface area contributed by atoms with Gasteiger partial charge in [0.15, 0.2) is 0 Å². The summed E-state index contributed by atoms with van der Waals surface area (Å²) >= 11 is 2.45. The zero-order chi connectivity index (χ0) is 77.4. The molecule has 26 N–H and O–H groups in total. The first-order valence-corrected chi connectivity index (χ1v) is 41.9. The van der Waals surface area contributed by atoms with Gasteiger partial charge in [0.25, 0.3) is 0 Å². The number of unbranched alkanes of at least 4 members (excludes halogenated alkanes) is 23. The van der Waals surface area contributed by atoms with Gasteiger partial charge in [0.1, 0.15) is 36.3 Å². The molecule has 0 bridgehead atoms. The third-order valence-corrected chi connectivity index (χ3v) is 20.5. The van der Waals surface area contributed by atoms with Crippen molar-refractivity contribution in [3.8, 4) is 0 Å². The van der Waals surface area contributed by atoms with Gasteiger partial charge in [-0.2, -0.15) is 23.5 Å². The van der Waals surface area contributed by atoms with Gasteiger partial charge in [0.2, 0.25) is 59.1 Å². The normalized spacial score (nSPS) is 13.6. The van der Waals surface area contributed by atoms with Crippen molar-refractivity contribution >= 4 is 145 Å². The second-order valence-electron chi connectivity index (χ2n) is 27.5. The topological polar surface area (TPSA) is 514 Å². The van der Waals surface area contributed by atoms with Gasteiger partial charge in [0, 0.05) is 49.2 Å². The number of carbonyl (C=O) groups excluding carboxylic acids is 10. The fraction of sp³-hybridized carbons (Fsp3) is 0.863. The largest absolute Gasteiger partial charge is 0.394 e. The summed E-state index contributed by atoms with van der Waals surface area (Å²) in [5, 5.41) is 48.5. The van der Waals surface area contributed by atoms with Crippen LogP contribution in [0.3, 0.4) is 0 Å². The van der Waals surface area contributed by atoms with Gasteiger partial charge >= 0.3 is 0 Å². The van der Waals surface area contributed by atoms with Crippen LogP contribution >= 0.6 is 85.6 Å². The standard InChI is InChI=1S/C73H145N17O12S2.5ClH/c1-4-7-10-12-14-16-18-20-22-30-44-83-68(97)60(50-91)87-72(101)62(89-70(99)58(85-66(95)56(79)36-24-28-41-74)39-26-32-46-81-64(93)54(77)35-9-6-3)52-103-48-49-104-53-63(73(102)88-61(51-92)69(98)84-45-31-23-21-19-17-15-13-11-8-5-2)90-71(100)59(86-67(96)57(80)37-25-29-42-75)40-27-33-47-82-65(94)55(78)38-34-43-76;;;;;/h54-63,91-92H,4-53,74-80H2,1-3H3,(H,81,93)(H,82,94)(H,83,97)(H,84,98)(H,85,95)(H,86,96)(H,87,101)(H,88,102)(H,89,99)(H,90,100);5*1H. The van der Waals surface area contributed by atoms with Crippen LogP contribution in [0.2, 0.25) is 0 Å². The molecule has 109 heavy (non-hydrogen) atoms. The van der Waals surface area contributed by atoms with Crippen molar-refractivity contribution in [2.75, 3.05) is 82.0 Å². The monoisotopic (exact) mass is 1700 g/mol. The van der Waals surface area contributed by atoms with Gasteiger partial charge in [-0.25, -0.2) is 0 Å². The first-order chi connectivity index (χ1) is 50.2. The summed E-state index contributed by atoms with van der Waals surface area (Å²) in [4.78, 5) is 137. The Labute approximate surface area is 692 Å². The van der Waals surface area contributed by atoms with Gasteiger partial charge in [0.05, 0.1) is 37.4 Å². The molecule has 0 aromatic carbocycles. The first-order valence-electron chi connectivity index (χ1n) is 39.6. The van der Waals surface area contributed by atoms with Crippen molar-refractivity contribution in [3.63, 3.8) is 0 Å². The summed E-state index contributed by atoms with van der Waals surface area (Å²) in [6.45, 7) is 7.17. The van der Waals surface area contributed by atoms with Gasteiger partial charge < -0.3 is 104 Å². The SMILES string of the molecule is CCCCCCCCCCCCNC(=O)C(CO)NC(=O)C(CSCCSCC(NC(=O)C(CCCCNC(=O)C(N)CCCN)NC(=O)C(N)CCCCN)C(=O)NC(CO)C(=O)NCCCCCCCCCCCC)NC(=O)C(CCCCNC(=O)C(N)CCCC)NC(=O)C(N)CCCCN.Cl.Cl.Cl.Cl.Cl. The lowest BCUT2D eigenvalue weighted by Crippen LogP contribution is -2.59. The highest BCUT2D eigenvalue weighted by atomic mass is 35.5. The van der Waals surface area contributed by atoms with E-state index in [2.05, 4.69) is 67.0 Å². The maximum absolute atomic E-state index is 14.5. The number of halogens is 5. The van der Waals surface area contributed by atoms with E-state index in [1.807, 2.05) is 6.92 Å². The van der Waals surface area contributed by atoms with E-state index in [4.69, 9.17) is 40.1 Å². The number of nitrogens with one attached hydrogen (secondary N) is 10. The number of thioether (sulfide) groups is 2. The minimum absolute atomic E-state index is 0. The average Bonchev–Trinajstić information content (AvgIpc) is 0.874. The van der Waals surface area contributed by atoms with Gasteiger partial charge in [-0.1, -0.05) is 162 Å². The van der Waals surface area contributed by atoms with Crippen LogP contribution in [0.5, 0.6) is 0 Å². The molecule has 0 saturated heterocycles. The molecule has 646 valence electrons. The fourth-order valence-corrected chi connectivity index (χ4v) is 13.5. The molecule has 0 aromatic heterocycles.